The fraction of sp³-hybridized carbons (Fsp3) is 0.250. The van der Waals surface area contributed by atoms with E-state index in [4.69, 9.17) is 9.47 Å². The molecular formula is C20H22BrN3O5. The number of nitrogens with one attached hydrogen (secondary N) is 3. The standard InChI is InChI=1S/C20H22BrN3O5/c1-3-28-16-7-9-17(10-8-16)29-13(2)19(26)24-23-18(25)12-22-20(27)14-5-4-6-15(21)11-14/h4-11,13H,3,12H2,1-2H3,(H,22,27)(H,23,25)(H,24,26). The van der Waals surface area contributed by atoms with Crippen molar-refractivity contribution in [3.8, 4) is 11.5 Å². The lowest BCUT2D eigenvalue weighted by Crippen LogP contribution is -2.50. The Kier molecular flexibility index (Phi) is 8.47. The van der Waals surface area contributed by atoms with Crippen LogP contribution in [0.25, 0.3) is 0 Å². The molecule has 3 amide bonds. The summed E-state index contributed by atoms with van der Waals surface area (Å²) in [5, 5.41) is 2.47. The van der Waals surface area contributed by atoms with Gasteiger partial charge in [0, 0.05) is 10.0 Å². The Morgan fingerprint density at radius 2 is 1.72 bits per heavy atom. The quantitative estimate of drug-likeness (QED) is 0.520. The van der Waals surface area contributed by atoms with Gasteiger partial charge in [0.1, 0.15) is 11.5 Å². The molecule has 154 valence electrons. The van der Waals surface area contributed by atoms with E-state index in [1.165, 1.54) is 0 Å². The molecule has 0 saturated carbocycles. The molecule has 0 aliphatic rings. The Balaban J connectivity index is 1.73. The summed E-state index contributed by atoms with van der Waals surface area (Å²) < 4.78 is 11.6. The van der Waals surface area contributed by atoms with Gasteiger partial charge in [-0.05, 0) is 56.3 Å². The Hall–Kier alpha value is -3.07. The summed E-state index contributed by atoms with van der Waals surface area (Å²) in [4.78, 5) is 35.9. The van der Waals surface area contributed by atoms with E-state index >= 15 is 0 Å². The van der Waals surface area contributed by atoms with Crippen LogP contribution in [0.15, 0.2) is 53.0 Å². The van der Waals surface area contributed by atoms with Gasteiger partial charge in [-0.3, -0.25) is 25.2 Å². The van der Waals surface area contributed by atoms with Crippen molar-refractivity contribution in [1.29, 1.82) is 0 Å². The van der Waals surface area contributed by atoms with Crippen LogP contribution in [0.3, 0.4) is 0 Å². The number of hydrogen-bond acceptors (Lipinski definition) is 5. The summed E-state index contributed by atoms with van der Waals surface area (Å²) >= 11 is 3.27. The van der Waals surface area contributed by atoms with Crippen LogP contribution in [0.4, 0.5) is 0 Å². The maximum Gasteiger partial charge on any atom is 0.279 e. The third-order valence-electron chi connectivity index (χ3n) is 3.64. The van der Waals surface area contributed by atoms with Crippen LogP contribution in [-0.4, -0.2) is 37.0 Å². The van der Waals surface area contributed by atoms with Gasteiger partial charge in [0.05, 0.1) is 13.2 Å². The van der Waals surface area contributed by atoms with Gasteiger partial charge in [0.15, 0.2) is 6.10 Å². The minimum absolute atomic E-state index is 0.292. The van der Waals surface area contributed by atoms with E-state index in [2.05, 4.69) is 32.1 Å². The number of benzene rings is 2. The number of rotatable bonds is 8. The van der Waals surface area contributed by atoms with E-state index < -0.39 is 23.8 Å². The van der Waals surface area contributed by atoms with Crippen molar-refractivity contribution >= 4 is 33.7 Å². The van der Waals surface area contributed by atoms with Gasteiger partial charge >= 0.3 is 0 Å². The average Bonchev–Trinajstić information content (AvgIpc) is 2.71. The number of carbonyl (C=O) groups is 3. The lowest BCUT2D eigenvalue weighted by molar-refractivity contribution is -0.132. The lowest BCUT2D eigenvalue weighted by atomic mass is 10.2. The zero-order valence-corrected chi connectivity index (χ0v) is 17.6. The largest absolute Gasteiger partial charge is 0.494 e. The van der Waals surface area contributed by atoms with Crippen LogP contribution < -0.4 is 25.6 Å². The van der Waals surface area contributed by atoms with Gasteiger partial charge in [-0.25, -0.2) is 0 Å². The van der Waals surface area contributed by atoms with Crippen LogP contribution >= 0.6 is 15.9 Å². The SMILES string of the molecule is CCOc1ccc(OC(C)C(=O)NNC(=O)CNC(=O)c2cccc(Br)c2)cc1. The molecule has 1 atom stereocenters. The fourth-order valence-corrected chi connectivity index (χ4v) is 2.61. The Labute approximate surface area is 177 Å². The second-order valence-corrected chi connectivity index (χ2v) is 6.81. The highest BCUT2D eigenvalue weighted by Gasteiger charge is 2.16. The summed E-state index contributed by atoms with van der Waals surface area (Å²) in [7, 11) is 0. The third kappa shape index (κ3) is 7.46. The summed E-state index contributed by atoms with van der Waals surface area (Å²) in [6.45, 7) is 3.70. The van der Waals surface area contributed by atoms with E-state index in [1.807, 2.05) is 6.92 Å². The highest BCUT2D eigenvalue weighted by Crippen LogP contribution is 2.18. The van der Waals surface area contributed by atoms with Crippen molar-refractivity contribution in [2.75, 3.05) is 13.2 Å². The number of carbonyl (C=O) groups excluding carboxylic acids is 3. The first-order chi connectivity index (χ1) is 13.9. The predicted molar refractivity (Wildman–Crippen MR) is 110 cm³/mol. The Bertz CT molecular complexity index is 857. The molecule has 9 heteroatoms. The zero-order chi connectivity index (χ0) is 21.2. The van der Waals surface area contributed by atoms with Crippen molar-refractivity contribution in [1.82, 2.24) is 16.2 Å². The van der Waals surface area contributed by atoms with E-state index in [9.17, 15) is 14.4 Å². The first-order valence-corrected chi connectivity index (χ1v) is 9.70. The van der Waals surface area contributed by atoms with Crippen LogP contribution in [-0.2, 0) is 9.59 Å². The minimum Gasteiger partial charge on any atom is -0.494 e. The molecule has 0 radical (unpaired) electrons. The molecule has 2 aromatic rings. The molecule has 0 aliphatic carbocycles. The molecule has 2 rings (SSSR count). The normalized spacial score (nSPS) is 11.1. The summed E-state index contributed by atoms with van der Waals surface area (Å²) in [5.41, 5.74) is 4.90. The van der Waals surface area contributed by atoms with Gasteiger partial charge in [-0.1, -0.05) is 22.0 Å². The smallest absolute Gasteiger partial charge is 0.279 e. The number of amides is 3. The average molecular weight is 464 g/mol. The van der Waals surface area contributed by atoms with Gasteiger partial charge in [-0.15, -0.1) is 0 Å². The van der Waals surface area contributed by atoms with Crippen molar-refractivity contribution in [2.24, 2.45) is 0 Å². The van der Waals surface area contributed by atoms with Gasteiger partial charge in [0.25, 0.3) is 17.7 Å². The highest BCUT2D eigenvalue weighted by molar-refractivity contribution is 9.10. The third-order valence-corrected chi connectivity index (χ3v) is 4.13. The summed E-state index contributed by atoms with van der Waals surface area (Å²) in [6.07, 6.45) is -0.843. The monoisotopic (exact) mass is 463 g/mol. The molecule has 29 heavy (non-hydrogen) atoms. The van der Waals surface area contributed by atoms with E-state index in [-0.39, 0.29) is 6.54 Å². The minimum atomic E-state index is -0.843. The first kappa shape index (κ1) is 22.2. The predicted octanol–water partition coefficient (Wildman–Crippen LogP) is 2.19. The number of halogens is 1. The molecule has 8 nitrogen and oxygen atoms in total. The van der Waals surface area contributed by atoms with E-state index in [0.29, 0.717) is 23.7 Å². The fourth-order valence-electron chi connectivity index (χ4n) is 2.21. The maximum absolute atomic E-state index is 12.1. The molecular weight excluding hydrogens is 442 g/mol. The van der Waals surface area contributed by atoms with Gasteiger partial charge in [0.2, 0.25) is 0 Å². The van der Waals surface area contributed by atoms with Crippen LogP contribution in [0.1, 0.15) is 24.2 Å². The second-order valence-electron chi connectivity index (χ2n) is 5.89. The van der Waals surface area contributed by atoms with Crippen LogP contribution in [0.2, 0.25) is 0 Å². The highest BCUT2D eigenvalue weighted by atomic mass is 79.9. The Morgan fingerprint density at radius 1 is 1.03 bits per heavy atom. The molecule has 0 saturated heterocycles. The molecule has 0 aliphatic heterocycles. The van der Waals surface area contributed by atoms with Gasteiger partial charge in [-0.2, -0.15) is 0 Å². The van der Waals surface area contributed by atoms with E-state index in [1.54, 1.807) is 55.5 Å². The molecule has 0 fully saturated rings. The molecule has 3 N–H and O–H groups in total. The molecule has 2 aromatic carbocycles. The van der Waals surface area contributed by atoms with Crippen molar-refractivity contribution in [3.63, 3.8) is 0 Å². The van der Waals surface area contributed by atoms with Crippen molar-refractivity contribution < 1.29 is 23.9 Å². The van der Waals surface area contributed by atoms with Crippen LogP contribution in [0.5, 0.6) is 11.5 Å². The van der Waals surface area contributed by atoms with Crippen molar-refractivity contribution in [3.05, 3.63) is 58.6 Å². The number of hydrogen-bond donors (Lipinski definition) is 3. The summed E-state index contributed by atoms with van der Waals surface area (Å²) in [6, 6.07) is 13.6. The topological polar surface area (TPSA) is 106 Å². The summed E-state index contributed by atoms with van der Waals surface area (Å²) in [5.74, 6) is -0.321. The first-order valence-electron chi connectivity index (χ1n) is 8.91. The van der Waals surface area contributed by atoms with Crippen LogP contribution in [0, 0.1) is 0 Å². The van der Waals surface area contributed by atoms with Gasteiger partial charge < -0.3 is 14.8 Å². The maximum atomic E-state index is 12.1. The van der Waals surface area contributed by atoms with Crippen molar-refractivity contribution in [2.45, 2.75) is 20.0 Å². The molecule has 0 aromatic heterocycles. The molecule has 0 bridgehead atoms. The molecule has 0 spiro atoms. The zero-order valence-electron chi connectivity index (χ0n) is 16.0. The Morgan fingerprint density at radius 3 is 2.38 bits per heavy atom. The lowest BCUT2D eigenvalue weighted by Gasteiger charge is -2.15. The second kappa shape index (κ2) is 11.1. The molecule has 1 unspecified atom stereocenters. The molecule has 0 heterocycles. The number of ether oxygens (including phenoxy) is 2. The number of hydrazine groups is 1. The van der Waals surface area contributed by atoms with E-state index in [0.717, 1.165) is 4.47 Å².